The van der Waals surface area contributed by atoms with Gasteiger partial charge in [-0.3, -0.25) is 0 Å². The van der Waals surface area contributed by atoms with Crippen LogP contribution in [0.2, 0.25) is 5.02 Å². The van der Waals surface area contributed by atoms with Gasteiger partial charge in [-0.15, -0.1) is 0 Å². The standard InChI is InChI=1S/C8H6ClF3O3S.C2H6/c1-5-2-3-6(9)7(4-5)15-16(13,14)8(10,11)12;1-2/h2-4H,1H3;1-2H3. The Morgan fingerprint density at radius 1 is 1.22 bits per heavy atom. The van der Waals surface area contributed by atoms with E-state index in [2.05, 4.69) is 4.18 Å². The molecular weight excluding hydrogens is 293 g/mol. The van der Waals surface area contributed by atoms with Crippen molar-refractivity contribution in [1.29, 1.82) is 0 Å². The predicted molar refractivity (Wildman–Crippen MR) is 63.1 cm³/mol. The number of aryl methyl sites for hydroxylation is 1. The average molecular weight is 305 g/mol. The Hall–Kier alpha value is -0.950. The number of rotatable bonds is 2. The van der Waals surface area contributed by atoms with Gasteiger partial charge in [0.15, 0.2) is 5.75 Å². The van der Waals surface area contributed by atoms with Crippen LogP contribution >= 0.6 is 11.6 Å². The van der Waals surface area contributed by atoms with E-state index in [0.717, 1.165) is 6.07 Å². The van der Waals surface area contributed by atoms with Gasteiger partial charge in [0.1, 0.15) is 0 Å². The number of benzene rings is 1. The third-order valence-electron chi connectivity index (χ3n) is 1.57. The van der Waals surface area contributed by atoms with E-state index in [1.165, 1.54) is 12.1 Å². The number of alkyl halides is 3. The van der Waals surface area contributed by atoms with E-state index in [1.54, 1.807) is 6.92 Å². The summed E-state index contributed by atoms with van der Waals surface area (Å²) in [5.74, 6) is -0.543. The molecule has 104 valence electrons. The molecule has 0 aliphatic rings. The molecule has 0 N–H and O–H groups in total. The summed E-state index contributed by atoms with van der Waals surface area (Å²) in [6.45, 7) is 5.56. The van der Waals surface area contributed by atoms with E-state index >= 15 is 0 Å². The first-order chi connectivity index (χ1) is 8.13. The zero-order chi connectivity index (χ0) is 14.6. The van der Waals surface area contributed by atoms with Crippen LogP contribution in [0.15, 0.2) is 18.2 Å². The molecule has 3 nitrogen and oxygen atoms in total. The van der Waals surface area contributed by atoms with E-state index in [0.29, 0.717) is 5.56 Å². The Bertz CT molecular complexity index is 498. The van der Waals surface area contributed by atoms with Gasteiger partial charge < -0.3 is 4.18 Å². The summed E-state index contributed by atoms with van der Waals surface area (Å²) in [5, 5.41) is -0.210. The van der Waals surface area contributed by atoms with Gasteiger partial charge in [-0.25, -0.2) is 0 Å². The fraction of sp³-hybridized carbons (Fsp3) is 0.400. The molecule has 0 bridgehead atoms. The van der Waals surface area contributed by atoms with Crippen LogP contribution in [0.3, 0.4) is 0 Å². The van der Waals surface area contributed by atoms with E-state index < -0.39 is 21.4 Å². The molecule has 18 heavy (non-hydrogen) atoms. The summed E-state index contributed by atoms with van der Waals surface area (Å²) in [6, 6.07) is 3.86. The molecule has 0 aliphatic carbocycles. The third-order valence-corrected chi connectivity index (χ3v) is 2.85. The normalized spacial score (nSPS) is 11.5. The monoisotopic (exact) mass is 304 g/mol. The summed E-state index contributed by atoms with van der Waals surface area (Å²) >= 11 is 5.50. The molecule has 0 atom stereocenters. The molecule has 0 heterocycles. The van der Waals surface area contributed by atoms with Crippen LogP contribution in [-0.4, -0.2) is 13.9 Å². The highest BCUT2D eigenvalue weighted by Crippen LogP contribution is 2.31. The zero-order valence-corrected chi connectivity index (χ0v) is 11.4. The summed E-state index contributed by atoms with van der Waals surface area (Å²) in [7, 11) is -5.67. The van der Waals surface area contributed by atoms with E-state index in [1.807, 2.05) is 13.8 Å². The van der Waals surface area contributed by atoms with Gasteiger partial charge in [-0.1, -0.05) is 31.5 Å². The van der Waals surface area contributed by atoms with Crippen LogP contribution in [0.4, 0.5) is 13.2 Å². The number of hydrogen-bond acceptors (Lipinski definition) is 3. The molecule has 0 spiro atoms. The lowest BCUT2D eigenvalue weighted by atomic mass is 10.2. The largest absolute Gasteiger partial charge is 0.534 e. The maximum atomic E-state index is 12.0. The van der Waals surface area contributed by atoms with Crippen molar-refractivity contribution in [1.82, 2.24) is 0 Å². The molecule has 0 radical (unpaired) electrons. The lowest BCUT2D eigenvalue weighted by molar-refractivity contribution is -0.0500. The highest BCUT2D eigenvalue weighted by molar-refractivity contribution is 7.88. The molecule has 8 heteroatoms. The Balaban J connectivity index is 0.00000137. The van der Waals surface area contributed by atoms with Crippen LogP contribution < -0.4 is 4.18 Å². The molecule has 0 unspecified atom stereocenters. The first-order valence-electron chi connectivity index (χ1n) is 4.90. The minimum absolute atomic E-state index is 0.210. The van der Waals surface area contributed by atoms with Gasteiger partial charge in [0.05, 0.1) is 5.02 Å². The summed E-state index contributed by atoms with van der Waals surface area (Å²) in [5.41, 5.74) is -4.95. The molecule has 0 aliphatic heterocycles. The average Bonchev–Trinajstić information content (AvgIpc) is 2.24. The SMILES string of the molecule is CC.Cc1ccc(Cl)c(OS(=O)(=O)C(F)(F)F)c1. The molecule has 1 aromatic carbocycles. The second kappa shape index (κ2) is 6.29. The molecule has 0 fully saturated rings. The molecule has 0 aromatic heterocycles. The summed E-state index contributed by atoms with van der Waals surface area (Å²) < 4.78 is 61.2. The highest BCUT2D eigenvalue weighted by atomic mass is 35.5. The second-order valence-electron chi connectivity index (χ2n) is 2.92. The zero-order valence-electron chi connectivity index (χ0n) is 9.88. The van der Waals surface area contributed by atoms with E-state index in [-0.39, 0.29) is 5.02 Å². The van der Waals surface area contributed by atoms with Crippen LogP contribution in [0.1, 0.15) is 19.4 Å². The maximum absolute atomic E-state index is 12.0. The molecule has 0 saturated heterocycles. The van der Waals surface area contributed by atoms with Crippen LogP contribution in [0, 0.1) is 6.92 Å². The minimum Gasteiger partial charge on any atom is -0.374 e. The molecular formula is C10H12ClF3O3S. The highest BCUT2D eigenvalue weighted by Gasteiger charge is 2.48. The summed E-state index contributed by atoms with van der Waals surface area (Å²) in [6.07, 6.45) is 0. The topological polar surface area (TPSA) is 43.4 Å². The first-order valence-corrected chi connectivity index (χ1v) is 6.69. The van der Waals surface area contributed by atoms with Crippen molar-refractivity contribution in [3.05, 3.63) is 28.8 Å². The van der Waals surface area contributed by atoms with Crippen molar-refractivity contribution in [2.45, 2.75) is 26.3 Å². The predicted octanol–water partition coefficient (Wildman–Crippen LogP) is 3.90. The van der Waals surface area contributed by atoms with Crippen molar-refractivity contribution in [2.75, 3.05) is 0 Å². The first kappa shape index (κ1) is 17.1. The van der Waals surface area contributed by atoms with E-state index in [4.69, 9.17) is 11.6 Å². The maximum Gasteiger partial charge on any atom is 0.534 e. The van der Waals surface area contributed by atoms with Crippen molar-refractivity contribution in [3.8, 4) is 5.75 Å². The lowest BCUT2D eigenvalue weighted by Gasteiger charge is -2.10. The Labute approximate surface area is 109 Å². The Kier molecular flexibility index (Phi) is 5.95. The Morgan fingerprint density at radius 3 is 2.17 bits per heavy atom. The second-order valence-corrected chi connectivity index (χ2v) is 4.86. The number of hydrogen-bond donors (Lipinski definition) is 0. The number of halogens is 4. The van der Waals surface area contributed by atoms with Crippen molar-refractivity contribution < 1.29 is 25.8 Å². The van der Waals surface area contributed by atoms with E-state index in [9.17, 15) is 21.6 Å². The van der Waals surface area contributed by atoms with Crippen molar-refractivity contribution >= 4 is 21.7 Å². The van der Waals surface area contributed by atoms with Gasteiger partial charge in [0.25, 0.3) is 0 Å². The van der Waals surface area contributed by atoms with Crippen molar-refractivity contribution in [3.63, 3.8) is 0 Å². The molecule has 1 aromatic rings. The Morgan fingerprint density at radius 2 is 1.72 bits per heavy atom. The lowest BCUT2D eigenvalue weighted by Crippen LogP contribution is -2.28. The quantitative estimate of drug-likeness (QED) is 0.615. The summed E-state index contributed by atoms with van der Waals surface area (Å²) in [4.78, 5) is 0. The smallest absolute Gasteiger partial charge is 0.374 e. The molecule has 0 amide bonds. The van der Waals surface area contributed by atoms with Crippen LogP contribution in [-0.2, 0) is 10.1 Å². The van der Waals surface area contributed by atoms with Gasteiger partial charge in [-0.05, 0) is 24.6 Å². The van der Waals surface area contributed by atoms with Crippen molar-refractivity contribution in [2.24, 2.45) is 0 Å². The van der Waals surface area contributed by atoms with Gasteiger partial charge in [-0.2, -0.15) is 21.6 Å². The fourth-order valence-corrected chi connectivity index (χ4v) is 1.51. The molecule has 1 rings (SSSR count). The third kappa shape index (κ3) is 4.38. The van der Waals surface area contributed by atoms with Gasteiger partial charge in [0.2, 0.25) is 0 Å². The van der Waals surface area contributed by atoms with Crippen LogP contribution in [0.25, 0.3) is 0 Å². The van der Waals surface area contributed by atoms with Gasteiger partial charge in [0, 0.05) is 0 Å². The van der Waals surface area contributed by atoms with Gasteiger partial charge >= 0.3 is 15.6 Å². The minimum atomic E-state index is -5.67. The van der Waals surface area contributed by atoms with Crippen LogP contribution in [0.5, 0.6) is 5.75 Å². The fourth-order valence-electron chi connectivity index (χ4n) is 0.840. The molecule has 0 saturated carbocycles.